The van der Waals surface area contributed by atoms with E-state index < -0.39 is 0 Å². The molecule has 4 nitrogen and oxygen atoms in total. The summed E-state index contributed by atoms with van der Waals surface area (Å²) < 4.78 is 5.56. The Kier molecular flexibility index (Phi) is 6.82. The molecule has 0 radical (unpaired) electrons. The fourth-order valence-corrected chi connectivity index (χ4v) is 2.28. The molecule has 5 heteroatoms. The molecule has 0 atom stereocenters. The lowest BCUT2D eigenvalue weighted by atomic mass is 10.1. The van der Waals surface area contributed by atoms with Crippen LogP contribution in [0, 0.1) is 6.92 Å². The van der Waals surface area contributed by atoms with Crippen LogP contribution >= 0.6 is 11.6 Å². The Bertz CT molecular complexity index is 698. The Hall–Kier alpha value is -2.33. The summed E-state index contributed by atoms with van der Waals surface area (Å²) in [7, 11) is 0. The van der Waals surface area contributed by atoms with Gasteiger partial charge in [0.15, 0.2) is 5.78 Å². The van der Waals surface area contributed by atoms with Crippen molar-refractivity contribution < 1.29 is 14.3 Å². The first kappa shape index (κ1) is 18.0. The van der Waals surface area contributed by atoms with Gasteiger partial charge in [-0.05, 0) is 37.6 Å². The van der Waals surface area contributed by atoms with Gasteiger partial charge < -0.3 is 10.1 Å². The molecule has 0 spiro atoms. The zero-order chi connectivity index (χ0) is 17.4. The zero-order valence-corrected chi connectivity index (χ0v) is 14.3. The second-order valence-corrected chi connectivity index (χ2v) is 5.91. The minimum Gasteiger partial charge on any atom is -0.494 e. The summed E-state index contributed by atoms with van der Waals surface area (Å²) >= 11 is 5.84. The first-order chi connectivity index (χ1) is 11.5. The van der Waals surface area contributed by atoms with Crippen LogP contribution in [0.25, 0.3) is 0 Å². The smallest absolute Gasteiger partial charge is 0.220 e. The van der Waals surface area contributed by atoms with Crippen molar-refractivity contribution in [3.63, 3.8) is 0 Å². The summed E-state index contributed by atoms with van der Waals surface area (Å²) in [6.07, 6.45) is 0.903. The molecule has 24 heavy (non-hydrogen) atoms. The maximum absolute atomic E-state index is 11.9. The van der Waals surface area contributed by atoms with E-state index in [9.17, 15) is 9.59 Å². The minimum atomic E-state index is -0.169. The summed E-state index contributed by atoms with van der Waals surface area (Å²) in [5, 5.41) is 3.12. The largest absolute Gasteiger partial charge is 0.494 e. The first-order valence-electron chi connectivity index (χ1n) is 7.79. The van der Waals surface area contributed by atoms with Crippen LogP contribution in [-0.2, 0) is 4.79 Å². The molecular weight excluding hydrogens is 326 g/mol. The van der Waals surface area contributed by atoms with Gasteiger partial charge in [0, 0.05) is 17.0 Å². The molecule has 2 aromatic rings. The van der Waals surface area contributed by atoms with Gasteiger partial charge in [-0.1, -0.05) is 41.4 Å². The Balaban J connectivity index is 1.64. The number of halogens is 1. The Morgan fingerprint density at radius 3 is 2.58 bits per heavy atom. The normalized spacial score (nSPS) is 10.2. The van der Waals surface area contributed by atoms with Crippen molar-refractivity contribution in [1.82, 2.24) is 5.32 Å². The van der Waals surface area contributed by atoms with Gasteiger partial charge >= 0.3 is 0 Å². The molecule has 0 aromatic heterocycles. The molecule has 1 N–H and O–H groups in total. The maximum Gasteiger partial charge on any atom is 0.220 e. The standard InChI is InChI=1S/C19H20ClNO3/c1-14-7-9-17(10-8-14)24-11-3-6-19(23)21-13-18(22)15-4-2-5-16(20)12-15/h2,4-5,7-10,12H,3,6,11,13H2,1H3,(H,21,23). The van der Waals surface area contributed by atoms with E-state index in [1.54, 1.807) is 24.3 Å². The monoisotopic (exact) mass is 345 g/mol. The van der Waals surface area contributed by atoms with E-state index in [0.717, 1.165) is 5.75 Å². The van der Waals surface area contributed by atoms with Gasteiger partial charge in [-0.2, -0.15) is 0 Å². The van der Waals surface area contributed by atoms with E-state index in [2.05, 4.69) is 5.32 Å². The Morgan fingerprint density at radius 2 is 1.88 bits per heavy atom. The summed E-state index contributed by atoms with van der Waals surface area (Å²) in [6, 6.07) is 14.4. The predicted octanol–water partition coefficient (Wildman–Crippen LogP) is 3.81. The second kappa shape index (κ2) is 9.08. The number of rotatable bonds is 8. The van der Waals surface area contributed by atoms with E-state index in [0.29, 0.717) is 30.0 Å². The van der Waals surface area contributed by atoms with E-state index >= 15 is 0 Å². The van der Waals surface area contributed by atoms with E-state index in [4.69, 9.17) is 16.3 Å². The van der Waals surface area contributed by atoms with E-state index in [1.165, 1.54) is 5.56 Å². The first-order valence-corrected chi connectivity index (χ1v) is 8.17. The van der Waals surface area contributed by atoms with Gasteiger partial charge in [0.1, 0.15) is 5.75 Å². The molecule has 0 heterocycles. The van der Waals surface area contributed by atoms with Crippen LogP contribution in [0.4, 0.5) is 0 Å². The Morgan fingerprint density at radius 1 is 1.12 bits per heavy atom. The number of Topliss-reactive ketones (excluding diaryl/α,β-unsaturated/α-hetero) is 1. The fourth-order valence-electron chi connectivity index (χ4n) is 2.09. The van der Waals surface area contributed by atoms with Crippen LogP contribution in [0.15, 0.2) is 48.5 Å². The van der Waals surface area contributed by atoms with Crippen molar-refractivity contribution in [2.45, 2.75) is 19.8 Å². The molecular formula is C19H20ClNO3. The lowest BCUT2D eigenvalue weighted by Gasteiger charge is -2.07. The summed E-state index contributed by atoms with van der Waals surface area (Å²) in [5.74, 6) is 0.455. The highest BCUT2D eigenvalue weighted by Gasteiger charge is 2.08. The highest BCUT2D eigenvalue weighted by molar-refractivity contribution is 6.31. The van der Waals surface area contributed by atoms with Crippen LogP contribution in [0.5, 0.6) is 5.75 Å². The number of amides is 1. The molecule has 2 aromatic carbocycles. The molecule has 1 amide bonds. The molecule has 0 aliphatic rings. The maximum atomic E-state index is 11.9. The molecule has 0 saturated carbocycles. The zero-order valence-electron chi connectivity index (χ0n) is 13.5. The number of nitrogens with one attached hydrogen (secondary N) is 1. The quantitative estimate of drug-likeness (QED) is 0.584. The molecule has 0 fully saturated rings. The molecule has 2 rings (SSSR count). The van der Waals surface area contributed by atoms with Gasteiger partial charge in [0.25, 0.3) is 0 Å². The highest BCUT2D eigenvalue weighted by Crippen LogP contribution is 2.12. The number of carbonyl (C=O) groups is 2. The number of aryl methyl sites for hydroxylation is 1. The van der Waals surface area contributed by atoms with Crippen molar-refractivity contribution in [2.24, 2.45) is 0 Å². The van der Waals surface area contributed by atoms with Gasteiger partial charge in [0.2, 0.25) is 5.91 Å². The third-order valence-electron chi connectivity index (χ3n) is 3.43. The number of ether oxygens (including phenoxy) is 1. The highest BCUT2D eigenvalue weighted by atomic mass is 35.5. The van der Waals surface area contributed by atoms with Crippen molar-refractivity contribution in [3.05, 3.63) is 64.7 Å². The van der Waals surface area contributed by atoms with Gasteiger partial charge in [-0.25, -0.2) is 0 Å². The molecule has 0 aliphatic carbocycles. The number of hydrogen-bond donors (Lipinski definition) is 1. The number of ketones is 1. The number of benzene rings is 2. The summed E-state index contributed by atoms with van der Waals surface area (Å²) in [6.45, 7) is 2.44. The van der Waals surface area contributed by atoms with E-state index in [-0.39, 0.29) is 18.2 Å². The molecule has 0 saturated heterocycles. The van der Waals surface area contributed by atoms with E-state index in [1.807, 2.05) is 31.2 Å². The average Bonchev–Trinajstić information content (AvgIpc) is 2.58. The van der Waals surface area contributed by atoms with Crippen molar-refractivity contribution >= 4 is 23.3 Å². The van der Waals surface area contributed by atoms with Crippen LogP contribution in [0.1, 0.15) is 28.8 Å². The van der Waals surface area contributed by atoms with Crippen LogP contribution in [0.2, 0.25) is 5.02 Å². The summed E-state index contributed by atoms with van der Waals surface area (Å²) in [5.41, 5.74) is 1.66. The van der Waals surface area contributed by atoms with Crippen LogP contribution in [-0.4, -0.2) is 24.8 Å². The minimum absolute atomic E-state index is 0.0298. The third kappa shape index (κ3) is 6.05. The number of hydrogen-bond acceptors (Lipinski definition) is 3. The van der Waals surface area contributed by atoms with Crippen molar-refractivity contribution in [3.8, 4) is 5.75 Å². The molecule has 0 aliphatic heterocycles. The van der Waals surface area contributed by atoms with Crippen LogP contribution in [0.3, 0.4) is 0 Å². The fraction of sp³-hybridized carbons (Fsp3) is 0.263. The predicted molar refractivity (Wildman–Crippen MR) is 94.7 cm³/mol. The number of carbonyl (C=O) groups excluding carboxylic acids is 2. The SMILES string of the molecule is Cc1ccc(OCCCC(=O)NCC(=O)c2cccc(Cl)c2)cc1. The van der Waals surface area contributed by atoms with Crippen LogP contribution < -0.4 is 10.1 Å². The lowest BCUT2D eigenvalue weighted by Crippen LogP contribution is -2.29. The Labute approximate surface area is 146 Å². The van der Waals surface area contributed by atoms with Crippen molar-refractivity contribution in [2.75, 3.05) is 13.2 Å². The second-order valence-electron chi connectivity index (χ2n) is 5.48. The summed E-state index contributed by atoms with van der Waals surface area (Å²) in [4.78, 5) is 23.7. The van der Waals surface area contributed by atoms with Gasteiger partial charge in [-0.15, -0.1) is 0 Å². The van der Waals surface area contributed by atoms with Crippen molar-refractivity contribution in [1.29, 1.82) is 0 Å². The molecule has 126 valence electrons. The average molecular weight is 346 g/mol. The lowest BCUT2D eigenvalue weighted by molar-refractivity contribution is -0.121. The molecule has 0 bridgehead atoms. The van der Waals surface area contributed by atoms with Gasteiger partial charge in [-0.3, -0.25) is 9.59 Å². The topological polar surface area (TPSA) is 55.4 Å². The third-order valence-corrected chi connectivity index (χ3v) is 3.67. The molecule has 0 unspecified atom stereocenters. The van der Waals surface area contributed by atoms with Gasteiger partial charge in [0.05, 0.1) is 13.2 Å².